The van der Waals surface area contributed by atoms with Gasteiger partial charge in [0.25, 0.3) is 0 Å². The normalized spacial score (nSPS) is 13.9. The molecule has 1 aliphatic rings. The van der Waals surface area contributed by atoms with Gasteiger partial charge in [0.15, 0.2) is 0 Å². The topological polar surface area (TPSA) is 130 Å². The molecule has 0 aliphatic carbocycles. The molecule has 1 amide bonds. The highest BCUT2D eigenvalue weighted by atomic mass is 16.4. The average molecular weight is 382 g/mol. The van der Waals surface area contributed by atoms with Crippen LogP contribution < -0.4 is 11.1 Å². The lowest BCUT2D eigenvalue weighted by Crippen LogP contribution is -2.60. The average Bonchev–Trinajstić information content (AvgIpc) is 2.64. The number of carboxylic acid groups (broad SMARTS) is 2. The zero-order chi connectivity index (χ0) is 20.6. The van der Waals surface area contributed by atoms with Crippen molar-refractivity contribution in [2.45, 2.75) is 5.41 Å². The summed E-state index contributed by atoms with van der Waals surface area (Å²) in [5.41, 5.74) is 7.09. The van der Waals surface area contributed by atoms with Gasteiger partial charge < -0.3 is 21.3 Å². The van der Waals surface area contributed by atoms with Crippen LogP contribution in [-0.4, -0.2) is 41.1 Å². The van der Waals surface area contributed by atoms with Gasteiger partial charge in [-0.3, -0.25) is 4.79 Å². The maximum atomic E-state index is 12.5. The lowest BCUT2D eigenvalue weighted by atomic mass is 9.63. The van der Waals surface area contributed by atoms with Crippen molar-refractivity contribution in [2.75, 3.05) is 13.1 Å². The number of nitrogens with two attached hydrogens (primary N) is 1. The first kappa shape index (κ1) is 20.9. The minimum atomic E-state index is -1.26. The number of nitrogens with one attached hydrogen (secondary N) is 1. The number of rotatable bonds is 6. The zero-order valence-electron chi connectivity index (χ0n) is 15.1. The van der Waals surface area contributed by atoms with Crippen molar-refractivity contribution in [3.8, 4) is 0 Å². The molecule has 1 saturated heterocycles. The van der Waals surface area contributed by atoms with Crippen LogP contribution in [0.2, 0.25) is 0 Å². The predicted molar refractivity (Wildman–Crippen MR) is 104 cm³/mol. The van der Waals surface area contributed by atoms with Crippen LogP contribution >= 0.6 is 0 Å². The van der Waals surface area contributed by atoms with Gasteiger partial charge in [-0.15, -0.1) is 0 Å². The van der Waals surface area contributed by atoms with Gasteiger partial charge >= 0.3 is 11.9 Å². The van der Waals surface area contributed by atoms with Crippen molar-refractivity contribution in [1.82, 2.24) is 5.32 Å². The van der Waals surface area contributed by atoms with Crippen molar-refractivity contribution in [3.05, 3.63) is 83.9 Å². The molecule has 2 aromatic carbocycles. The highest BCUT2D eigenvalue weighted by Gasteiger charge is 2.49. The fourth-order valence-electron chi connectivity index (χ4n) is 3.26. The van der Waals surface area contributed by atoms with Crippen LogP contribution in [0.15, 0.2) is 72.8 Å². The van der Waals surface area contributed by atoms with E-state index in [-0.39, 0.29) is 11.8 Å². The molecule has 0 bridgehead atoms. The van der Waals surface area contributed by atoms with Crippen LogP contribution in [0.1, 0.15) is 11.1 Å². The van der Waals surface area contributed by atoms with Crippen molar-refractivity contribution in [2.24, 2.45) is 11.7 Å². The number of carbonyl (C=O) groups is 3. The third-order valence-electron chi connectivity index (χ3n) is 4.61. The molecule has 0 saturated carbocycles. The maximum absolute atomic E-state index is 12.5. The monoisotopic (exact) mass is 382 g/mol. The van der Waals surface area contributed by atoms with Crippen LogP contribution in [0.4, 0.5) is 0 Å². The van der Waals surface area contributed by atoms with Gasteiger partial charge in [0.2, 0.25) is 5.91 Å². The molecule has 1 heterocycles. The molecule has 146 valence electrons. The Morgan fingerprint density at radius 2 is 1.25 bits per heavy atom. The second kappa shape index (κ2) is 9.48. The maximum Gasteiger partial charge on any atom is 0.328 e. The Morgan fingerprint density at radius 3 is 1.50 bits per heavy atom. The van der Waals surface area contributed by atoms with E-state index in [0.29, 0.717) is 12.2 Å². The van der Waals surface area contributed by atoms with Gasteiger partial charge in [-0.05, 0) is 11.1 Å². The molecule has 3 rings (SSSR count). The van der Waals surface area contributed by atoms with Gasteiger partial charge in [0.1, 0.15) is 5.41 Å². The fraction of sp³-hybridized carbons (Fsp3) is 0.190. The van der Waals surface area contributed by atoms with E-state index in [4.69, 9.17) is 15.9 Å². The molecule has 0 atom stereocenters. The molecule has 7 heteroatoms. The molecular formula is C21H22N2O5. The van der Waals surface area contributed by atoms with E-state index in [1.807, 2.05) is 60.7 Å². The quantitative estimate of drug-likeness (QED) is 0.559. The first-order chi connectivity index (χ1) is 13.4. The lowest BCUT2D eigenvalue weighted by molar-refractivity contribution is -0.134. The van der Waals surface area contributed by atoms with Crippen molar-refractivity contribution in [1.29, 1.82) is 0 Å². The third kappa shape index (κ3) is 4.63. The Kier molecular flexibility index (Phi) is 7.06. The molecule has 0 spiro atoms. The van der Waals surface area contributed by atoms with E-state index < -0.39 is 17.4 Å². The molecular weight excluding hydrogens is 360 g/mol. The van der Waals surface area contributed by atoms with Gasteiger partial charge in [-0.1, -0.05) is 60.7 Å². The number of aliphatic carboxylic acids is 2. The van der Waals surface area contributed by atoms with Crippen LogP contribution in [0, 0.1) is 5.92 Å². The molecule has 2 aromatic rings. The molecule has 5 N–H and O–H groups in total. The molecule has 7 nitrogen and oxygen atoms in total. The van der Waals surface area contributed by atoms with E-state index in [0.717, 1.165) is 24.2 Å². The van der Waals surface area contributed by atoms with Gasteiger partial charge in [-0.25, -0.2) is 9.59 Å². The summed E-state index contributed by atoms with van der Waals surface area (Å²) in [4.78, 5) is 31.6. The van der Waals surface area contributed by atoms with Gasteiger partial charge in [0, 0.05) is 31.2 Å². The second-order valence-corrected chi connectivity index (χ2v) is 6.27. The molecule has 1 fully saturated rings. The van der Waals surface area contributed by atoms with E-state index in [9.17, 15) is 14.4 Å². The number of primary amides is 1. The Hall–Kier alpha value is -3.45. The minimum Gasteiger partial charge on any atom is -0.478 e. The SMILES string of the molecule is NC(=O)C(c1ccccc1)(c1ccccc1)C1CNC1.O=C(O)C=CC(=O)O. The van der Waals surface area contributed by atoms with Gasteiger partial charge in [-0.2, -0.15) is 0 Å². The first-order valence-corrected chi connectivity index (χ1v) is 8.64. The summed E-state index contributed by atoms with van der Waals surface area (Å²) in [6.45, 7) is 1.62. The predicted octanol–water partition coefficient (Wildman–Crippen LogP) is 1.39. The molecule has 28 heavy (non-hydrogen) atoms. The minimum absolute atomic E-state index is 0.199. The zero-order valence-corrected chi connectivity index (χ0v) is 15.1. The van der Waals surface area contributed by atoms with Crippen molar-refractivity contribution in [3.63, 3.8) is 0 Å². The van der Waals surface area contributed by atoms with E-state index in [2.05, 4.69) is 5.32 Å². The van der Waals surface area contributed by atoms with E-state index in [1.54, 1.807) is 0 Å². The van der Waals surface area contributed by atoms with Crippen molar-refractivity contribution >= 4 is 17.8 Å². The summed E-state index contributed by atoms with van der Waals surface area (Å²) in [5, 5.41) is 18.9. The Balaban J connectivity index is 0.000000300. The fourth-order valence-corrected chi connectivity index (χ4v) is 3.26. The first-order valence-electron chi connectivity index (χ1n) is 8.64. The third-order valence-corrected chi connectivity index (χ3v) is 4.61. The van der Waals surface area contributed by atoms with Crippen LogP contribution in [-0.2, 0) is 19.8 Å². The smallest absolute Gasteiger partial charge is 0.328 e. The summed E-state index contributed by atoms with van der Waals surface area (Å²) in [5.74, 6) is -2.59. The molecule has 1 aliphatic heterocycles. The molecule has 0 aromatic heterocycles. The number of carbonyl (C=O) groups excluding carboxylic acids is 1. The Labute approximate surface area is 162 Å². The summed E-state index contributed by atoms with van der Waals surface area (Å²) in [6, 6.07) is 19.7. The largest absolute Gasteiger partial charge is 0.478 e. The van der Waals surface area contributed by atoms with Crippen LogP contribution in [0.5, 0.6) is 0 Å². The number of benzene rings is 2. The number of amides is 1. The lowest BCUT2D eigenvalue weighted by Gasteiger charge is -2.44. The number of hydrogen-bond donors (Lipinski definition) is 4. The molecule has 0 unspecified atom stereocenters. The summed E-state index contributed by atoms with van der Waals surface area (Å²) in [7, 11) is 0. The van der Waals surface area contributed by atoms with Crippen LogP contribution in [0.25, 0.3) is 0 Å². The van der Waals surface area contributed by atoms with E-state index in [1.165, 1.54) is 0 Å². The summed E-state index contributed by atoms with van der Waals surface area (Å²) < 4.78 is 0. The second-order valence-electron chi connectivity index (χ2n) is 6.27. The number of hydrogen-bond acceptors (Lipinski definition) is 4. The molecule has 0 radical (unpaired) electrons. The summed E-state index contributed by atoms with van der Waals surface area (Å²) >= 11 is 0. The number of carboxylic acids is 2. The summed E-state index contributed by atoms with van der Waals surface area (Å²) in [6.07, 6.45) is 1.12. The highest BCUT2D eigenvalue weighted by molar-refractivity contribution is 5.91. The van der Waals surface area contributed by atoms with E-state index >= 15 is 0 Å². The van der Waals surface area contributed by atoms with Crippen molar-refractivity contribution < 1.29 is 24.6 Å². The van der Waals surface area contributed by atoms with Gasteiger partial charge in [0.05, 0.1) is 0 Å². The van der Waals surface area contributed by atoms with Crippen LogP contribution in [0.3, 0.4) is 0 Å². The highest BCUT2D eigenvalue weighted by Crippen LogP contribution is 2.41. The Bertz CT molecular complexity index is 790. The Morgan fingerprint density at radius 1 is 0.857 bits per heavy atom. The standard InChI is InChI=1S/C17H18N2O.C4H4O4/c18-16(20)17(15-11-19-12-15,13-7-3-1-4-8-13)14-9-5-2-6-10-14;5-3(6)1-2-4(7)8/h1-10,15,19H,11-12H2,(H2,18,20);1-2H,(H,5,6)(H,7,8).